The zero-order valence-electron chi connectivity index (χ0n) is 12.9. The van der Waals surface area contributed by atoms with Crippen LogP contribution in [0.2, 0.25) is 0 Å². The molecule has 0 radical (unpaired) electrons. The summed E-state index contributed by atoms with van der Waals surface area (Å²) >= 11 is 0. The predicted molar refractivity (Wildman–Crippen MR) is 85.4 cm³/mol. The molecule has 1 heterocycles. The normalized spacial score (nSPS) is 14.3. The molecule has 5 nitrogen and oxygen atoms in total. The highest BCUT2D eigenvalue weighted by Gasteiger charge is 2.21. The molecule has 118 valence electrons. The molecule has 0 bridgehead atoms. The van der Waals surface area contributed by atoms with Crippen LogP contribution in [0.15, 0.2) is 23.1 Å². The lowest BCUT2D eigenvalue weighted by atomic mass is 10.0. The van der Waals surface area contributed by atoms with Gasteiger partial charge in [-0.15, -0.1) is 0 Å². The average molecular weight is 319 g/mol. The molecular weight excluding hydrogens is 298 g/mol. The van der Waals surface area contributed by atoms with Crippen molar-refractivity contribution in [2.24, 2.45) is 0 Å². The molecule has 1 aromatic carbocycles. The number of nitrogens with zero attached hydrogens (tertiary/aromatic N) is 1. The minimum Gasteiger partial charge on any atom is -0.281 e. The smallest absolute Gasteiger partial charge is 0.244 e. The summed E-state index contributed by atoms with van der Waals surface area (Å²) in [4.78, 5) is 0.265. The summed E-state index contributed by atoms with van der Waals surface area (Å²) in [5, 5.41) is 6.65. The second kappa shape index (κ2) is 5.85. The summed E-state index contributed by atoms with van der Waals surface area (Å²) in [6.07, 6.45) is 4.23. The number of hydrogen-bond donors (Lipinski definition) is 2. The van der Waals surface area contributed by atoms with Gasteiger partial charge in [-0.2, -0.15) is 5.10 Å². The van der Waals surface area contributed by atoms with E-state index in [-0.39, 0.29) is 4.90 Å². The highest BCUT2D eigenvalue weighted by Crippen LogP contribution is 2.23. The van der Waals surface area contributed by atoms with Gasteiger partial charge in [0.05, 0.1) is 11.4 Å². The molecule has 6 heteroatoms. The van der Waals surface area contributed by atoms with Crippen molar-refractivity contribution in [2.45, 2.75) is 44.4 Å². The lowest BCUT2D eigenvalue weighted by molar-refractivity contribution is 0.580. The van der Waals surface area contributed by atoms with Crippen molar-refractivity contribution in [2.75, 3.05) is 6.54 Å². The van der Waals surface area contributed by atoms with Crippen LogP contribution >= 0.6 is 0 Å². The first-order valence-corrected chi connectivity index (χ1v) is 9.07. The zero-order valence-corrected chi connectivity index (χ0v) is 13.8. The number of aromatic amines is 1. The Hall–Kier alpha value is -1.66. The van der Waals surface area contributed by atoms with E-state index in [1.807, 2.05) is 0 Å². The van der Waals surface area contributed by atoms with Crippen LogP contribution in [0.5, 0.6) is 0 Å². The third-order valence-electron chi connectivity index (χ3n) is 4.20. The Morgan fingerprint density at radius 2 is 2.00 bits per heavy atom. The van der Waals surface area contributed by atoms with Crippen LogP contribution in [0.25, 0.3) is 0 Å². The second-order valence-electron chi connectivity index (χ2n) is 5.87. The van der Waals surface area contributed by atoms with Gasteiger partial charge >= 0.3 is 0 Å². The quantitative estimate of drug-likeness (QED) is 0.885. The molecule has 0 atom stereocenters. The number of rotatable bonds is 5. The lowest BCUT2D eigenvalue weighted by Crippen LogP contribution is -2.26. The summed E-state index contributed by atoms with van der Waals surface area (Å²) in [5.41, 5.74) is 5.12. The van der Waals surface area contributed by atoms with E-state index in [1.54, 1.807) is 13.8 Å². The van der Waals surface area contributed by atoms with Gasteiger partial charge in [0.25, 0.3) is 0 Å². The molecule has 0 unspecified atom stereocenters. The van der Waals surface area contributed by atoms with Crippen LogP contribution in [0.3, 0.4) is 0 Å². The van der Waals surface area contributed by atoms with Gasteiger partial charge in [-0.25, -0.2) is 13.1 Å². The largest absolute Gasteiger partial charge is 0.281 e. The van der Waals surface area contributed by atoms with Crippen molar-refractivity contribution in [1.82, 2.24) is 14.9 Å². The number of nitrogens with one attached hydrogen (secondary N) is 2. The standard InChI is InChI=1S/C16H21N3O2S/c1-11-16(12(2)19-18-11)22(20,21)17-9-8-13-6-7-14-4-3-5-15(14)10-13/h6-7,10,17H,3-5,8-9H2,1-2H3,(H,18,19). The van der Waals surface area contributed by atoms with Crippen molar-refractivity contribution >= 4 is 10.0 Å². The van der Waals surface area contributed by atoms with Crippen LogP contribution in [-0.4, -0.2) is 25.2 Å². The molecule has 0 fully saturated rings. The van der Waals surface area contributed by atoms with Gasteiger partial charge in [0.15, 0.2) is 0 Å². The Morgan fingerprint density at radius 3 is 2.73 bits per heavy atom. The Bertz CT molecular complexity index is 774. The SMILES string of the molecule is Cc1n[nH]c(C)c1S(=O)(=O)NCCc1ccc2c(c1)CCC2. The number of sulfonamides is 1. The summed E-state index contributed by atoms with van der Waals surface area (Å²) in [7, 11) is -3.50. The third kappa shape index (κ3) is 2.94. The fraction of sp³-hybridized carbons (Fsp3) is 0.438. The first-order chi connectivity index (χ1) is 10.5. The maximum absolute atomic E-state index is 12.3. The van der Waals surface area contributed by atoms with Gasteiger partial charge < -0.3 is 0 Å². The number of H-pyrrole nitrogens is 1. The lowest BCUT2D eigenvalue weighted by Gasteiger charge is -2.08. The number of benzene rings is 1. The molecule has 1 aliphatic carbocycles. The molecule has 0 saturated heterocycles. The van der Waals surface area contributed by atoms with Gasteiger partial charge in [-0.05, 0) is 56.2 Å². The predicted octanol–water partition coefficient (Wildman–Crippen LogP) is 2.04. The molecule has 0 aliphatic heterocycles. The van der Waals surface area contributed by atoms with E-state index < -0.39 is 10.0 Å². The minimum absolute atomic E-state index is 0.265. The van der Waals surface area contributed by atoms with Gasteiger partial charge in [-0.1, -0.05) is 18.2 Å². The van der Waals surface area contributed by atoms with Gasteiger partial charge in [0, 0.05) is 6.54 Å². The summed E-state index contributed by atoms with van der Waals surface area (Å²) in [6.45, 7) is 3.80. The molecule has 22 heavy (non-hydrogen) atoms. The molecule has 0 saturated carbocycles. The molecule has 1 aliphatic rings. The Balaban J connectivity index is 1.66. The number of aromatic nitrogens is 2. The molecule has 3 rings (SSSR count). The van der Waals surface area contributed by atoms with Crippen molar-refractivity contribution in [1.29, 1.82) is 0 Å². The molecular formula is C16H21N3O2S. The molecule has 0 amide bonds. The van der Waals surface area contributed by atoms with E-state index in [0.29, 0.717) is 24.4 Å². The van der Waals surface area contributed by atoms with E-state index in [2.05, 4.69) is 33.1 Å². The second-order valence-corrected chi connectivity index (χ2v) is 7.57. The maximum atomic E-state index is 12.3. The van der Waals surface area contributed by atoms with E-state index in [4.69, 9.17) is 0 Å². The molecule has 0 spiro atoms. The number of fused-ring (bicyclic) bond motifs is 1. The third-order valence-corrected chi connectivity index (χ3v) is 5.92. The van der Waals surface area contributed by atoms with Crippen molar-refractivity contribution < 1.29 is 8.42 Å². The van der Waals surface area contributed by atoms with E-state index >= 15 is 0 Å². The topological polar surface area (TPSA) is 74.8 Å². The van der Waals surface area contributed by atoms with Gasteiger partial charge in [0.2, 0.25) is 10.0 Å². The summed E-state index contributed by atoms with van der Waals surface area (Å²) in [6, 6.07) is 6.49. The van der Waals surface area contributed by atoms with Gasteiger partial charge in [0.1, 0.15) is 4.90 Å². The average Bonchev–Trinajstić information content (AvgIpc) is 3.05. The first kappa shape index (κ1) is 15.2. The van der Waals surface area contributed by atoms with E-state index in [1.165, 1.54) is 29.5 Å². The van der Waals surface area contributed by atoms with Gasteiger partial charge in [-0.3, -0.25) is 5.10 Å². The Labute approximate surface area is 131 Å². The van der Waals surface area contributed by atoms with Crippen LogP contribution in [0, 0.1) is 13.8 Å². The van der Waals surface area contributed by atoms with Crippen LogP contribution < -0.4 is 4.72 Å². The fourth-order valence-electron chi connectivity index (χ4n) is 3.12. The molecule has 2 N–H and O–H groups in total. The van der Waals surface area contributed by atoms with Crippen LogP contribution in [0.4, 0.5) is 0 Å². The van der Waals surface area contributed by atoms with E-state index in [9.17, 15) is 8.42 Å². The van der Waals surface area contributed by atoms with Crippen LogP contribution in [-0.2, 0) is 29.3 Å². The highest BCUT2D eigenvalue weighted by molar-refractivity contribution is 7.89. The Kier molecular flexibility index (Phi) is 4.06. The molecule has 1 aromatic heterocycles. The zero-order chi connectivity index (χ0) is 15.7. The van der Waals surface area contributed by atoms with Crippen molar-refractivity contribution in [3.05, 3.63) is 46.3 Å². The molecule has 2 aromatic rings. The van der Waals surface area contributed by atoms with Crippen molar-refractivity contribution in [3.8, 4) is 0 Å². The summed E-state index contributed by atoms with van der Waals surface area (Å²) in [5.74, 6) is 0. The fourth-order valence-corrected chi connectivity index (χ4v) is 4.52. The maximum Gasteiger partial charge on any atom is 0.244 e. The summed E-state index contributed by atoms with van der Waals surface area (Å²) < 4.78 is 27.4. The number of hydrogen-bond acceptors (Lipinski definition) is 3. The first-order valence-electron chi connectivity index (χ1n) is 7.59. The monoisotopic (exact) mass is 319 g/mol. The Morgan fingerprint density at radius 1 is 1.23 bits per heavy atom. The van der Waals surface area contributed by atoms with Crippen molar-refractivity contribution in [3.63, 3.8) is 0 Å². The van der Waals surface area contributed by atoms with E-state index in [0.717, 1.165) is 6.42 Å². The highest BCUT2D eigenvalue weighted by atomic mass is 32.2. The minimum atomic E-state index is -3.50. The van der Waals surface area contributed by atoms with Crippen LogP contribution in [0.1, 0.15) is 34.5 Å². The number of aryl methyl sites for hydroxylation is 4.